The molecule has 1 heterocycles. The molecule has 0 aromatic heterocycles. The third-order valence-corrected chi connectivity index (χ3v) is 4.28. The fourth-order valence-corrected chi connectivity index (χ4v) is 2.82. The highest BCUT2D eigenvalue weighted by Crippen LogP contribution is 2.17. The predicted molar refractivity (Wildman–Crippen MR) is 96.0 cm³/mol. The highest BCUT2D eigenvalue weighted by molar-refractivity contribution is 5.76. The van der Waals surface area contributed by atoms with Crippen molar-refractivity contribution in [1.82, 2.24) is 15.1 Å². The number of carbonyl (C=O) groups is 1. The first-order valence-electron chi connectivity index (χ1n) is 8.50. The van der Waals surface area contributed by atoms with Crippen LogP contribution < -0.4 is 10.2 Å². The number of rotatable bonds is 7. The van der Waals surface area contributed by atoms with E-state index in [1.807, 2.05) is 14.1 Å². The van der Waals surface area contributed by atoms with Gasteiger partial charge in [-0.2, -0.15) is 0 Å². The summed E-state index contributed by atoms with van der Waals surface area (Å²) in [6.07, 6.45) is 0.595. The van der Waals surface area contributed by atoms with Gasteiger partial charge < -0.3 is 15.1 Å². The van der Waals surface area contributed by atoms with Crippen LogP contribution in [-0.4, -0.2) is 75.6 Å². The lowest BCUT2D eigenvalue weighted by atomic mass is 10.2. The normalized spacial score (nSPS) is 15.9. The molecular formula is C18H30N4O. The number of benzene rings is 1. The van der Waals surface area contributed by atoms with E-state index in [1.54, 1.807) is 0 Å². The molecule has 0 aliphatic carbocycles. The predicted octanol–water partition coefficient (Wildman–Crippen LogP) is 1.18. The van der Waals surface area contributed by atoms with Crippen LogP contribution in [0.2, 0.25) is 0 Å². The van der Waals surface area contributed by atoms with Gasteiger partial charge >= 0.3 is 0 Å². The topological polar surface area (TPSA) is 38.8 Å². The number of piperazine rings is 1. The molecule has 5 heteroatoms. The van der Waals surface area contributed by atoms with Crippen LogP contribution in [0.15, 0.2) is 24.3 Å². The Kier molecular flexibility index (Phi) is 6.86. The van der Waals surface area contributed by atoms with E-state index in [4.69, 9.17) is 0 Å². The van der Waals surface area contributed by atoms with Crippen LogP contribution in [0.3, 0.4) is 0 Å². The largest absolute Gasteiger partial charge is 0.369 e. The number of nitrogens with one attached hydrogen (secondary N) is 1. The average Bonchev–Trinajstić information content (AvgIpc) is 2.53. The molecule has 1 amide bonds. The highest BCUT2D eigenvalue weighted by atomic mass is 16.1. The zero-order valence-electron chi connectivity index (χ0n) is 14.7. The molecule has 0 spiro atoms. The third kappa shape index (κ3) is 6.20. The van der Waals surface area contributed by atoms with Gasteiger partial charge in [-0.05, 0) is 38.7 Å². The van der Waals surface area contributed by atoms with E-state index in [0.717, 1.165) is 45.8 Å². The van der Waals surface area contributed by atoms with Crippen molar-refractivity contribution in [2.24, 2.45) is 0 Å². The molecular weight excluding hydrogens is 288 g/mol. The first kappa shape index (κ1) is 17.8. The Labute approximate surface area is 140 Å². The number of nitrogens with zero attached hydrogens (tertiary/aromatic N) is 3. The van der Waals surface area contributed by atoms with Crippen molar-refractivity contribution in [2.45, 2.75) is 13.3 Å². The molecule has 1 aromatic carbocycles. The monoisotopic (exact) mass is 318 g/mol. The van der Waals surface area contributed by atoms with Gasteiger partial charge in [0.1, 0.15) is 0 Å². The van der Waals surface area contributed by atoms with Crippen molar-refractivity contribution in [3.05, 3.63) is 29.8 Å². The van der Waals surface area contributed by atoms with Gasteiger partial charge in [0, 0.05) is 57.9 Å². The first-order chi connectivity index (χ1) is 11.0. The van der Waals surface area contributed by atoms with Gasteiger partial charge in [0.05, 0.1) is 0 Å². The minimum absolute atomic E-state index is 0.160. The number of amides is 1. The third-order valence-electron chi connectivity index (χ3n) is 4.28. The van der Waals surface area contributed by atoms with Crippen molar-refractivity contribution in [1.29, 1.82) is 0 Å². The summed E-state index contributed by atoms with van der Waals surface area (Å²) in [4.78, 5) is 18.7. The fourth-order valence-electron chi connectivity index (χ4n) is 2.82. The molecule has 0 unspecified atom stereocenters. The van der Waals surface area contributed by atoms with Crippen molar-refractivity contribution >= 4 is 11.6 Å². The number of carbonyl (C=O) groups excluding carboxylic acids is 1. The maximum absolute atomic E-state index is 11.8. The SMILES string of the molecule is Cc1cccc(N2CCN(CCC(=O)NCCN(C)C)CC2)c1. The molecule has 1 N–H and O–H groups in total. The van der Waals surface area contributed by atoms with Crippen molar-refractivity contribution in [3.8, 4) is 0 Å². The molecule has 1 fully saturated rings. The van der Waals surface area contributed by atoms with Crippen LogP contribution in [0.5, 0.6) is 0 Å². The van der Waals surface area contributed by atoms with E-state index >= 15 is 0 Å². The summed E-state index contributed by atoms with van der Waals surface area (Å²) in [6, 6.07) is 8.68. The molecule has 5 nitrogen and oxygen atoms in total. The summed E-state index contributed by atoms with van der Waals surface area (Å²) in [5, 5.41) is 2.98. The summed E-state index contributed by atoms with van der Waals surface area (Å²) in [6.45, 7) is 8.73. The summed E-state index contributed by atoms with van der Waals surface area (Å²) >= 11 is 0. The maximum atomic E-state index is 11.8. The molecule has 0 saturated carbocycles. The van der Waals surface area contributed by atoms with Crippen molar-refractivity contribution in [2.75, 3.05) is 64.8 Å². The van der Waals surface area contributed by atoms with Gasteiger partial charge in [-0.15, -0.1) is 0 Å². The van der Waals surface area contributed by atoms with E-state index in [9.17, 15) is 4.79 Å². The number of hydrogen-bond acceptors (Lipinski definition) is 4. The molecule has 128 valence electrons. The maximum Gasteiger partial charge on any atom is 0.221 e. The van der Waals surface area contributed by atoms with E-state index in [-0.39, 0.29) is 5.91 Å². The lowest BCUT2D eigenvalue weighted by Gasteiger charge is -2.36. The molecule has 23 heavy (non-hydrogen) atoms. The Morgan fingerprint density at radius 3 is 2.61 bits per heavy atom. The molecule has 1 aliphatic rings. The smallest absolute Gasteiger partial charge is 0.221 e. The average molecular weight is 318 g/mol. The van der Waals surface area contributed by atoms with Crippen LogP contribution in [0.4, 0.5) is 5.69 Å². The minimum Gasteiger partial charge on any atom is -0.369 e. The Balaban J connectivity index is 1.66. The van der Waals surface area contributed by atoms with Crippen molar-refractivity contribution in [3.63, 3.8) is 0 Å². The Morgan fingerprint density at radius 1 is 1.22 bits per heavy atom. The van der Waals surface area contributed by atoms with E-state index in [2.05, 4.69) is 51.2 Å². The van der Waals surface area contributed by atoms with Crippen molar-refractivity contribution < 1.29 is 4.79 Å². The zero-order chi connectivity index (χ0) is 16.7. The summed E-state index contributed by atoms with van der Waals surface area (Å²) in [5.74, 6) is 0.160. The molecule has 1 saturated heterocycles. The second-order valence-electron chi connectivity index (χ2n) is 6.57. The number of aryl methyl sites for hydroxylation is 1. The van der Waals surface area contributed by atoms with Crippen LogP contribution in [-0.2, 0) is 4.79 Å². The molecule has 0 bridgehead atoms. The lowest BCUT2D eigenvalue weighted by molar-refractivity contribution is -0.121. The Bertz CT molecular complexity index is 496. The molecule has 1 aliphatic heterocycles. The molecule has 1 aromatic rings. The van der Waals surface area contributed by atoms with Gasteiger partial charge in [-0.25, -0.2) is 0 Å². The Morgan fingerprint density at radius 2 is 1.96 bits per heavy atom. The van der Waals surface area contributed by atoms with Gasteiger partial charge in [0.15, 0.2) is 0 Å². The molecule has 0 atom stereocenters. The standard InChI is InChI=1S/C18H30N4O/c1-16-5-4-6-17(15-16)22-13-11-21(12-14-22)9-7-18(23)19-8-10-20(2)3/h4-6,15H,7-14H2,1-3H3,(H,19,23). The number of likely N-dealkylation sites (N-methyl/N-ethyl adjacent to an activating group) is 1. The summed E-state index contributed by atoms with van der Waals surface area (Å²) in [5.41, 5.74) is 2.62. The Hall–Kier alpha value is -1.59. The van der Waals surface area contributed by atoms with Gasteiger partial charge in [-0.1, -0.05) is 12.1 Å². The lowest BCUT2D eigenvalue weighted by Crippen LogP contribution is -2.47. The quantitative estimate of drug-likeness (QED) is 0.819. The minimum atomic E-state index is 0.160. The van der Waals surface area contributed by atoms with E-state index in [1.165, 1.54) is 11.3 Å². The molecule has 0 radical (unpaired) electrons. The van der Waals surface area contributed by atoms with Gasteiger partial charge in [0.2, 0.25) is 5.91 Å². The van der Waals surface area contributed by atoms with Gasteiger partial charge in [0.25, 0.3) is 0 Å². The van der Waals surface area contributed by atoms with Crippen LogP contribution in [0.1, 0.15) is 12.0 Å². The highest BCUT2D eigenvalue weighted by Gasteiger charge is 2.17. The van der Waals surface area contributed by atoms with Gasteiger partial charge in [-0.3, -0.25) is 9.69 Å². The zero-order valence-corrected chi connectivity index (χ0v) is 14.7. The van der Waals surface area contributed by atoms with Crippen LogP contribution >= 0.6 is 0 Å². The fraction of sp³-hybridized carbons (Fsp3) is 0.611. The number of anilines is 1. The van der Waals surface area contributed by atoms with Crippen LogP contribution in [0.25, 0.3) is 0 Å². The van der Waals surface area contributed by atoms with E-state index < -0.39 is 0 Å². The second kappa shape index (κ2) is 8.89. The van der Waals surface area contributed by atoms with Crippen LogP contribution in [0, 0.1) is 6.92 Å². The summed E-state index contributed by atoms with van der Waals surface area (Å²) in [7, 11) is 4.03. The number of hydrogen-bond donors (Lipinski definition) is 1. The summed E-state index contributed by atoms with van der Waals surface area (Å²) < 4.78 is 0. The second-order valence-corrected chi connectivity index (χ2v) is 6.57. The molecule has 2 rings (SSSR count). The van der Waals surface area contributed by atoms with E-state index in [0.29, 0.717) is 6.42 Å². The first-order valence-corrected chi connectivity index (χ1v) is 8.50.